The monoisotopic (exact) mass is 380 g/mol. The van der Waals surface area contributed by atoms with Gasteiger partial charge < -0.3 is 5.32 Å². The number of benzene rings is 1. The molecule has 1 atom stereocenters. The third-order valence-electron chi connectivity index (χ3n) is 2.74. The molecule has 0 fully saturated rings. The lowest BCUT2D eigenvalue weighted by molar-refractivity contribution is -0.121. The SMILES string of the molecule is CC(Nc1n[nH]c(=O)[nH]c1=O)C(=O)NN=Cc1ccccc1Br. The van der Waals surface area contributed by atoms with Crippen LogP contribution in [0.15, 0.2) is 43.4 Å². The summed E-state index contributed by atoms with van der Waals surface area (Å²) >= 11 is 3.36. The number of hydrazone groups is 1. The Morgan fingerprint density at radius 1 is 1.39 bits per heavy atom. The minimum absolute atomic E-state index is 0.165. The number of aromatic amines is 2. The van der Waals surface area contributed by atoms with Gasteiger partial charge in [-0.05, 0) is 13.0 Å². The van der Waals surface area contributed by atoms with E-state index in [1.807, 2.05) is 29.2 Å². The molecular weight excluding hydrogens is 368 g/mol. The fourth-order valence-electron chi connectivity index (χ4n) is 1.56. The number of aromatic nitrogens is 3. The first-order chi connectivity index (χ1) is 11.0. The molecule has 0 saturated carbocycles. The Morgan fingerprint density at radius 3 is 2.83 bits per heavy atom. The van der Waals surface area contributed by atoms with E-state index in [-0.39, 0.29) is 5.82 Å². The normalized spacial score (nSPS) is 12.1. The van der Waals surface area contributed by atoms with Crippen LogP contribution in [0.4, 0.5) is 5.82 Å². The third kappa shape index (κ3) is 4.61. The molecule has 0 spiro atoms. The maximum absolute atomic E-state index is 11.9. The molecule has 1 aromatic heterocycles. The van der Waals surface area contributed by atoms with Crippen LogP contribution in [0.3, 0.4) is 0 Å². The number of hydrogen-bond donors (Lipinski definition) is 4. The van der Waals surface area contributed by atoms with Gasteiger partial charge >= 0.3 is 5.69 Å². The van der Waals surface area contributed by atoms with Crippen LogP contribution in [-0.4, -0.2) is 33.3 Å². The highest BCUT2D eigenvalue weighted by Crippen LogP contribution is 2.13. The highest BCUT2D eigenvalue weighted by molar-refractivity contribution is 9.10. The molecule has 1 amide bonds. The molecule has 9 nitrogen and oxygen atoms in total. The second-order valence-corrected chi connectivity index (χ2v) is 5.33. The smallest absolute Gasteiger partial charge is 0.342 e. The van der Waals surface area contributed by atoms with E-state index in [1.54, 1.807) is 0 Å². The number of carbonyl (C=O) groups is 1. The quantitative estimate of drug-likeness (QED) is 0.433. The molecule has 1 heterocycles. The predicted octanol–water partition coefficient (Wildman–Crippen LogP) is 0.171. The van der Waals surface area contributed by atoms with Crippen molar-refractivity contribution in [1.82, 2.24) is 20.6 Å². The summed E-state index contributed by atoms with van der Waals surface area (Å²) in [5, 5.41) is 12.0. The van der Waals surface area contributed by atoms with Crippen molar-refractivity contribution in [2.24, 2.45) is 5.10 Å². The first kappa shape index (κ1) is 16.6. The van der Waals surface area contributed by atoms with Crippen LogP contribution in [0.25, 0.3) is 0 Å². The molecule has 120 valence electrons. The highest BCUT2D eigenvalue weighted by Gasteiger charge is 2.14. The van der Waals surface area contributed by atoms with Crippen molar-refractivity contribution in [2.45, 2.75) is 13.0 Å². The Labute approximate surface area is 138 Å². The summed E-state index contributed by atoms with van der Waals surface area (Å²) < 4.78 is 0.841. The number of halogens is 1. The van der Waals surface area contributed by atoms with Gasteiger partial charge in [-0.3, -0.25) is 14.6 Å². The van der Waals surface area contributed by atoms with Crippen molar-refractivity contribution in [3.63, 3.8) is 0 Å². The van der Waals surface area contributed by atoms with Crippen LogP contribution in [0, 0.1) is 0 Å². The standard InChI is InChI=1S/C13H13BrN6O3/c1-7(16-10-12(22)17-13(23)20-18-10)11(21)19-15-6-8-4-2-3-5-9(8)14/h2-7H,1H3,(H,16,18)(H,19,21)(H2,17,20,22,23). The third-order valence-corrected chi connectivity index (χ3v) is 3.46. The Kier molecular flexibility index (Phi) is 5.41. The number of hydrogen-bond acceptors (Lipinski definition) is 6. The number of H-pyrrole nitrogens is 2. The van der Waals surface area contributed by atoms with Gasteiger partial charge in [-0.1, -0.05) is 34.1 Å². The Hall–Kier alpha value is -2.75. The van der Waals surface area contributed by atoms with Gasteiger partial charge in [0.2, 0.25) is 5.82 Å². The molecule has 1 unspecified atom stereocenters. The largest absolute Gasteiger partial charge is 0.353 e. The van der Waals surface area contributed by atoms with Crippen molar-refractivity contribution in [1.29, 1.82) is 0 Å². The Morgan fingerprint density at radius 2 is 2.13 bits per heavy atom. The molecule has 0 aliphatic rings. The van der Waals surface area contributed by atoms with E-state index in [9.17, 15) is 14.4 Å². The fourth-order valence-corrected chi connectivity index (χ4v) is 1.95. The molecule has 0 aliphatic heterocycles. The molecule has 0 aliphatic carbocycles. The van der Waals surface area contributed by atoms with Crippen LogP contribution in [0.1, 0.15) is 12.5 Å². The fraction of sp³-hybridized carbons (Fsp3) is 0.154. The molecule has 0 radical (unpaired) electrons. The van der Waals surface area contributed by atoms with E-state index in [2.05, 4.69) is 42.0 Å². The molecule has 0 saturated heterocycles. The molecule has 2 aromatic rings. The lowest BCUT2D eigenvalue weighted by Crippen LogP contribution is -2.38. The summed E-state index contributed by atoms with van der Waals surface area (Å²) in [4.78, 5) is 36.2. The maximum Gasteiger partial charge on any atom is 0.342 e. The van der Waals surface area contributed by atoms with Gasteiger partial charge in [0, 0.05) is 10.0 Å². The first-order valence-electron chi connectivity index (χ1n) is 6.50. The Bertz CT molecular complexity index is 844. The summed E-state index contributed by atoms with van der Waals surface area (Å²) in [5.41, 5.74) is 1.70. The van der Waals surface area contributed by atoms with E-state index >= 15 is 0 Å². The first-order valence-corrected chi connectivity index (χ1v) is 7.29. The predicted molar refractivity (Wildman–Crippen MR) is 88.4 cm³/mol. The van der Waals surface area contributed by atoms with Crippen LogP contribution in [0.5, 0.6) is 0 Å². The van der Waals surface area contributed by atoms with Gasteiger partial charge in [0.25, 0.3) is 11.5 Å². The molecule has 23 heavy (non-hydrogen) atoms. The number of nitrogens with one attached hydrogen (secondary N) is 4. The average molecular weight is 381 g/mol. The van der Waals surface area contributed by atoms with Crippen LogP contribution >= 0.6 is 15.9 Å². The Balaban J connectivity index is 1.96. The van der Waals surface area contributed by atoms with Crippen molar-refractivity contribution in [3.8, 4) is 0 Å². The summed E-state index contributed by atoms with van der Waals surface area (Å²) in [6.07, 6.45) is 1.49. The van der Waals surface area contributed by atoms with Crippen LogP contribution < -0.4 is 22.0 Å². The summed E-state index contributed by atoms with van der Waals surface area (Å²) in [6, 6.07) is 6.59. The van der Waals surface area contributed by atoms with Crippen molar-refractivity contribution < 1.29 is 4.79 Å². The molecule has 2 rings (SSSR count). The van der Waals surface area contributed by atoms with E-state index in [0.717, 1.165) is 10.0 Å². The molecule has 0 bridgehead atoms. The van der Waals surface area contributed by atoms with Gasteiger partial charge in [0.05, 0.1) is 6.21 Å². The molecule has 4 N–H and O–H groups in total. The topological polar surface area (TPSA) is 132 Å². The van der Waals surface area contributed by atoms with E-state index in [0.29, 0.717) is 0 Å². The second kappa shape index (κ2) is 7.49. The lowest BCUT2D eigenvalue weighted by atomic mass is 10.2. The van der Waals surface area contributed by atoms with E-state index in [1.165, 1.54) is 13.1 Å². The lowest BCUT2D eigenvalue weighted by Gasteiger charge is -2.11. The second-order valence-electron chi connectivity index (χ2n) is 4.48. The number of amides is 1. The van der Waals surface area contributed by atoms with Gasteiger partial charge in [0.1, 0.15) is 6.04 Å². The number of rotatable bonds is 5. The van der Waals surface area contributed by atoms with Crippen molar-refractivity contribution >= 4 is 33.9 Å². The van der Waals surface area contributed by atoms with Gasteiger partial charge in [-0.15, -0.1) is 5.10 Å². The minimum atomic E-state index is -0.786. The van der Waals surface area contributed by atoms with Crippen LogP contribution in [0.2, 0.25) is 0 Å². The van der Waals surface area contributed by atoms with Gasteiger partial charge in [0.15, 0.2) is 0 Å². The van der Waals surface area contributed by atoms with Gasteiger partial charge in [-0.25, -0.2) is 15.3 Å². The molecule has 10 heteroatoms. The zero-order valence-electron chi connectivity index (χ0n) is 12.0. The average Bonchev–Trinajstić information content (AvgIpc) is 2.51. The van der Waals surface area contributed by atoms with Crippen LogP contribution in [-0.2, 0) is 4.79 Å². The van der Waals surface area contributed by atoms with E-state index < -0.39 is 23.2 Å². The number of nitrogens with zero attached hydrogens (tertiary/aromatic N) is 2. The number of carbonyl (C=O) groups excluding carboxylic acids is 1. The minimum Gasteiger partial charge on any atom is -0.353 e. The van der Waals surface area contributed by atoms with Crippen molar-refractivity contribution in [2.75, 3.05) is 5.32 Å². The highest BCUT2D eigenvalue weighted by atomic mass is 79.9. The van der Waals surface area contributed by atoms with Gasteiger partial charge in [-0.2, -0.15) is 5.10 Å². The zero-order valence-corrected chi connectivity index (χ0v) is 13.5. The molecular formula is C13H13BrN6O3. The number of anilines is 1. The summed E-state index contributed by atoms with van der Waals surface area (Å²) in [7, 11) is 0. The zero-order chi connectivity index (χ0) is 16.8. The summed E-state index contributed by atoms with van der Waals surface area (Å²) in [6.45, 7) is 1.52. The van der Waals surface area contributed by atoms with E-state index in [4.69, 9.17) is 0 Å². The van der Waals surface area contributed by atoms with Crippen molar-refractivity contribution in [3.05, 3.63) is 55.1 Å². The maximum atomic E-state index is 11.9. The molecule has 1 aromatic carbocycles. The summed E-state index contributed by atoms with van der Waals surface area (Å²) in [5.74, 6) is -0.636.